The van der Waals surface area contributed by atoms with Crippen molar-refractivity contribution in [3.05, 3.63) is 35.1 Å². The molecule has 2 heteroatoms. The third-order valence-electron chi connectivity index (χ3n) is 3.34. The molecule has 102 valence electrons. The molecule has 1 rings (SSSR count). The predicted molar refractivity (Wildman–Crippen MR) is 76.3 cm³/mol. The van der Waals surface area contributed by atoms with Crippen molar-refractivity contribution in [2.24, 2.45) is 0 Å². The highest BCUT2D eigenvalue weighted by Gasteiger charge is 2.11. The van der Waals surface area contributed by atoms with Crippen molar-refractivity contribution in [1.29, 1.82) is 0 Å². The Morgan fingerprint density at radius 3 is 2.56 bits per heavy atom. The summed E-state index contributed by atoms with van der Waals surface area (Å²) in [5.41, 5.74) is 1.81. The van der Waals surface area contributed by atoms with Crippen LogP contribution < -0.4 is 5.32 Å². The van der Waals surface area contributed by atoms with Crippen LogP contribution in [0.1, 0.15) is 63.1 Å². The lowest BCUT2D eigenvalue weighted by Gasteiger charge is -2.19. The van der Waals surface area contributed by atoms with Crippen LogP contribution in [0.5, 0.6) is 0 Å². The van der Waals surface area contributed by atoms with E-state index in [9.17, 15) is 4.39 Å². The highest BCUT2D eigenvalue weighted by molar-refractivity contribution is 5.25. The van der Waals surface area contributed by atoms with Crippen molar-refractivity contribution < 1.29 is 4.39 Å². The van der Waals surface area contributed by atoms with Crippen molar-refractivity contribution >= 4 is 0 Å². The Balaban J connectivity index is 2.70. The molecule has 0 aliphatic rings. The van der Waals surface area contributed by atoms with E-state index < -0.39 is 0 Å². The average Bonchev–Trinajstić information content (AvgIpc) is 2.37. The highest BCUT2D eigenvalue weighted by Crippen LogP contribution is 2.22. The molecule has 0 aliphatic carbocycles. The summed E-state index contributed by atoms with van der Waals surface area (Å²) < 4.78 is 13.6. The van der Waals surface area contributed by atoms with Gasteiger partial charge in [-0.1, -0.05) is 45.2 Å². The van der Waals surface area contributed by atoms with Crippen molar-refractivity contribution in [3.63, 3.8) is 0 Å². The molecule has 0 aliphatic heterocycles. The van der Waals surface area contributed by atoms with Gasteiger partial charge in [-0.25, -0.2) is 4.39 Å². The second kappa shape index (κ2) is 8.25. The highest BCUT2D eigenvalue weighted by atomic mass is 19.1. The van der Waals surface area contributed by atoms with Crippen LogP contribution in [0, 0.1) is 12.7 Å². The smallest absolute Gasteiger partial charge is 0.126 e. The maximum Gasteiger partial charge on any atom is 0.126 e. The van der Waals surface area contributed by atoms with E-state index in [-0.39, 0.29) is 5.82 Å². The first-order valence-electron chi connectivity index (χ1n) is 7.18. The zero-order chi connectivity index (χ0) is 13.4. The standard InChI is InChI=1S/C16H26FN/c1-4-6-7-8-16(18-11-5-2)14-10-9-13(3)15(17)12-14/h9-10,12,16,18H,4-8,11H2,1-3H3. The van der Waals surface area contributed by atoms with Crippen LogP contribution in [0.4, 0.5) is 4.39 Å². The monoisotopic (exact) mass is 251 g/mol. The molecule has 0 fully saturated rings. The van der Waals surface area contributed by atoms with Crippen molar-refractivity contribution in [1.82, 2.24) is 5.32 Å². The molecule has 18 heavy (non-hydrogen) atoms. The molecule has 1 aromatic carbocycles. The van der Waals surface area contributed by atoms with Crippen molar-refractivity contribution in [2.45, 2.75) is 58.9 Å². The summed E-state index contributed by atoms with van der Waals surface area (Å²) in [6.07, 6.45) is 5.88. The lowest BCUT2D eigenvalue weighted by atomic mass is 9.99. The van der Waals surface area contributed by atoms with Gasteiger partial charge in [0, 0.05) is 6.04 Å². The van der Waals surface area contributed by atoms with Crippen LogP contribution in [-0.4, -0.2) is 6.54 Å². The molecule has 0 heterocycles. The summed E-state index contributed by atoms with van der Waals surface area (Å²) >= 11 is 0. The Bertz CT molecular complexity index is 349. The van der Waals surface area contributed by atoms with E-state index in [2.05, 4.69) is 25.2 Å². The number of rotatable bonds is 8. The maximum absolute atomic E-state index is 13.6. The minimum atomic E-state index is -0.0914. The molecule has 1 atom stereocenters. The van der Waals surface area contributed by atoms with E-state index in [1.54, 1.807) is 6.07 Å². The Hall–Kier alpha value is -0.890. The second-order valence-corrected chi connectivity index (χ2v) is 5.01. The van der Waals surface area contributed by atoms with Crippen LogP contribution in [0.15, 0.2) is 18.2 Å². The van der Waals surface area contributed by atoms with E-state index in [0.29, 0.717) is 6.04 Å². The maximum atomic E-state index is 13.6. The van der Waals surface area contributed by atoms with E-state index in [0.717, 1.165) is 30.5 Å². The van der Waals surface area contributed by atoms with Crippen LogP contribution in [0.3, 0.4) is 0 Å². The Morgan fingerprint density at radius 2 is 1.94 bits per heavy atom. The molecule has 0 bridgehead atoms. The molecule has 1 aromatic rings. The fourth-order valence-corrected chi connectivity index (χ4v) is 2.13. The number of aryl methyl sites for hydroxylation is 1. The molecule has 0 saturated carbocycles. The predicted octanol–water partition coefficient (Wildman–Crippen LogP) is 4.76. The molecule has 0 spiro atoms. The first-order valence-corrected chi connectivity index (χ1v) is 7.18. The topological polar surface area (TPSA) is 12.0 Å². The van der Waals surface area contributed by atoms with E-state index in [1.165, 1.54) is 19.3 Å². The quantitative estimate of drug-likeness (QED) is 0.657. The number of unbranched alkanes of at least 4 members (excludes halogenated alkanes) is 2. The third-order valence-corrected chi connectivity index (χ3v) is 3.34. The number of hydrogen-bond donors (Lipinski definition) is 1. The largest absolute Gasteiger partial charge is 0.310 e. The SMILES string of the molecule is CCCCCC(NCCC)c1ccc(C)c(F)c1. The number of nitrogens with one attached hydrogen (secondary N) is 1. The van der Waals surface area contributed by atoms with Gasteiger partial charge in [-0.2, -0.15) is 0 Å². The summed E-state index contributed by atoms with van der Waals surface area (Å²) in [7, 11) is 0. The zero-order valence-electron chi connectivity index (χ0n) is 11.9. The van der Waals surface area contributed by atoms with E-state index in [1.807, 2.05) is 13.0 Å². The molecule has 0 amide bonds. The minimum absolute atomic E-state index is 0.0914. The van der Waals surface area contributed by atoms with Gasteiger partial charge in [-0.15, -0.1) is 0 Å². The van der Waals surface area contributed by atoms with Gasteiger partial charge in [-0.05, 0) is 43.5 Å². The van der Waals surface area contributed by atoms with Gasteiger partial charge < -0.3 is 5.32 Å². The van der Waals surface area contributed by atoms with Gasteiger partial charge in [0.1, 0.15) is 5.82 Å². The number of benzene rings is 1. The van der Waals surface area contributed by atoms with Gasteiger partial charge in [0.15, 0.2) is 0 Å². The molecular weight excluding hydrogens is 225 g/mol. The van der Waals surface area contributed by atoms with Gasteiger partial charge in [0.2, 0.25) is 0 Å². The van der Waals surface area contributed by atoms with Gasteiger partial charge in [0.25, 0.3) is 0 Å². The van der Waals surface area contributed by atoms with Crippen LogP contribution in [0.2, 0.25) is 0 Å². The van der Waals surface area contributed by atoms with E-state index in [4.69, 9.17) is 0 Å². The molecule has 1 nitrogen and oxygen atoms in total. The first-order chi connectivity index (χ1) is 8.69. The number of hydrogen-bond acceptors (Lipinski definition) is 1. The van der Waals surface area contributed by atoms with Gasteiger partial charge >= 0.3 is 0 Å². The van der Waals surface area contributed by atoms with Crippen LogP contribution >= 0.6 is 0 Å². The molecule has 0 saturated heterocycles. The normalized spacial score (nSPS) is 12.7. The molecule has 0 aromatic heterocycles. The summed E-state index contributed by atoms with van der Waals surface area (Å²) in [5, 5.41) is 3.52. The third kappa shape index (κ3) is 4.77. The van der Waals surface area contributed by atoms with E-state index >= 15 is 0 Å². The Kier molecular flexibility index (Phi) is 6.96. The molecular formula is C16H26FN. The average molecular weight is 251 g/mol. The van der Waals surface area contributed by atoms with Crippen molar-refractivity contribution in [2.75, 3.05) is 6.54 Å². The lowest BCUT2D eigenvalue weighted by Crippen LogP contribution is -2.22. The van der Waals surface area contributed by atoms with Crippen LogP contribution in [-0.2, 0) is 0 Å². The lowest BCUT2D eigenvalue weighted by molar-refractivity contribution is 0.471. The summed E-state index contributed by atoms with van der Waals surface area (Å²) in [6, 6.07) is 5.92. The number of halogens is 1. The van der Waals surface area contributed by atoms with Gasteiger partial charge in [-0.3, -0.25) is 0 Å². The molecule has 1 N–H and O–H groups in total. The Morgan fingerprint density at radius 1 is 1.17 bits per heavy atom. The summed E-state index contributed by atoms with van der Waals surface area (Å²) in [6.45, 7) is 7.17. The van der Waals surface area contributed by atoms with Gasteiger partial charge in [0.05, 0.1) is 0 Å². The Labute approximate surface area is 111 Å². The summed E-state index contributed by atoms with van der Waals surface area (Å²) in [4.78, 5) is 0. The fraction of sp³-hybridized carbons (Fsp3) is 0.625. The van der Waals surface area contributed by atoms with Crippen LogP contribution in [0.25, 0.3) is 0 Å². The van der Waals surface area contributed by atoms with Crippen molar-refractivity contribution in [3.8, 4) is 0 Å². The first kappa shape index (κ1) is 15.2. The summed E-state index contributed by atoms with van der Waals surface area (Å²) in [5.74, 6) is -0.0914. The fourth-order valence-electron chi connectivity index (χ4n) is 2.13. The molecule has 0 radical (unpaired) electrons. The minimum Gasteiger partial charge on any atom is -0.310 e. The molecule has 1 unspecified atom stereocenters. The zero-order valence-corrected chi connectivity index (χ0v) is 11.9. The second-order valence-electron chi connectivity index (χ2n) is 5.01.